The Labute approximate surface area is 74.3 Å². The molecule has 2 atom stereocenters. The summed E-state index contributed by atoms with van der Waals surface area (Å²) in [6.45, 7) is 7.98. The monoisotopic (exact) mass is 170 g/mol. The molecule has 0 aliphatic carbocycles. The second kappa shape index (κ2) is 2.84. The molecule has 0 radical (unpaired) electrons. The van der Waals surface area contributed by atoms with E-state index in [0.29, 0.717) is 6.42 Å². The van der Waals surface area contributed by atoms with Crippen LogP contribution in [0.5, 0.6) is 0 Å². The van der Waals surface area contributed by atoms with Crippen LogP contribution in [0.25, 0.3) is 0 Å². The number of Topliss-reactive ketones (excluding diaryl/α,β-unsaturated/α-hetero) is 1. The lowest BCUT2D eigenvalue weighted by Gasteiger charge is -2.26. The first kappa shape index (κ1) is 9.72. The lowest BCUT2D eigenvalue weighted by molar-refractivity contribution is -0.136. The highest BCUT2D eigenvalue weighted by atomic mass is 16.5. The summed E-state index contributed by atoms with van der Waals surface area (Å²) in [6.07, 6.45) is 2.27. The minimum Gasteiger partial charge on any atom is -0.361 e. The number of carbonyl (C=O) groups is 1. The SMILES string of the molecule is CC[C@@]1(C)CC(=O)[C@](C)(CC)O1. The van der Waals surface area contributed by atoms with E-state index in [-0.39, 0.29) is 11.4 Å². The van der Waals surface area contributed by atoms with Crippen molar-refractivity contribution in [2.24, 2.45) is 0 Å². The molecule has 2 heteroatoms. The summed E-state index contributed by atoms with van der Waals surface area (Å²) in [5, 5.41) is 0. The molecule has 0 amide bonds. The van der Waals surface area contributed by atoms with Gasteiger partial charge in [-0.25, -0.2) is 0 Å². The second-order valence-corrected chi connectivity index (χ2v) is 4.09. The Morgan fingerprint density at radius 2 is 1.92 bits per heavy atom. The number of hydrogen-bond donors (Lipinski definition) is 0. The van der Waals surface area contributed by atoms with Crippen molar-refractivity contribution < 1.29 is 9.53 Å². The highest BCUT2D eigenvalue weighted by Crippen LogP contribution is 2.38. The topological polar surface area (TPSA) is 26.3 Å². The molecule has 1 saturated heterocycles. The summed E-state index contributed by atoms with van der Waals surface area (Å²) < 4.78 is 5.80. The Hall–Kier alpha value is -0.370. The Morgan fingerprint density at radius 1 is 1.33 bits per heavy atom. The third kappa shape index (κ3) is 1.40. The maximum absolute atomic E-state index is 11.6. The molecular weight excluding hydrogens is 152 g/mol. The van der Waals surface area contributed by atoms with Gasteiger partial charge in [-0.15, -0.1) is 0 Å². The average Bonchev–Trinajstić information content (AvgIpc) is 2.25. The van der Waals surface area contributed by atoms with E-state index in [1.165, 1.54) is 0 Å². The minimum atomic E-state index is -0.509. The van der Waals surface area contributed by atoms with Crippen LogP contribution in [-0.4, -0.2) is 17.0 Å². The molecular formula is C10H18O2. The Bertz CT molecular complexity index is 200. The van der Waals surface area contributed by atoms with Gasteiger partial charge in [0.1, 0.15) is 5.60 Å². The van der Waals surface area contributed by atoms with E-state index in [1.807, 2.05) is 20.8 Å². The molecule has 70 valence electrons. The van der Waals surface area contributed by atoms with Crippen LogP contribution in [0.1, 0.15) is 47.0 Å². The predicted octanol–water partition coefficient (Wildman–Crippen LogP) is 2.31. The van der Waals surface area contributed by atoms with E-state index >= 15 is 0 Å². The molecule has 0 spiro atoms. The van der Waals surface area contributed by atoms with Gasteiger partial charge in [0, 0.05) is 6.42 Å². The normalized spacial score (nSPS) is 42.2. The molecule has 1 aliphatic rings. The van der Waals surface area contributed by atoms with E-state index in [0.717, 1.165) is 12.8 Å². The quantitative estimate of drug-likeness (QED) is 0.635. The molecule has 0 N–H and O–H groups in total. The van der Waals surface area contributed by atoms with E-state index < -0.39 is 5.60 Å². The maximum atomic E-state index is 11.6. The maximum Gasteiger partial charge on any atom is 0.167 e. The summed E-state index contributed by atoms with van der Waals surface area (Å²) in [5.41, 5.74) is -0.716. The third-order valence-electron chi connectivity index (χ3n) is 3.02. The highest BCUT2D eigenvalue weighted by molar-refractivity contribution is 5.89. The lowest BCUT2D eigenvalue weighted by atomic mass is 9.94. The molecule has 0 aromatic heterocycles. The first-order valence-corrected chi connectivity index (χ1v) is 4.69. The van der Waals surface area contributed by atoms with Crippen LogP contribution in [0.4, 0.5) is 0 Å². The smallest absolute Gasteiger partial charge is 0.167 e. The molecule has 1 heterocycles. The van der Waals surface area contributed by atoms with Gasteiger partial charge in [0.15, 0.2) is 5.78 Å². The summed E-state index contributed by atoms with van der Waals surface area (Å²) in [5.74, 6) is 0.259. The molecule has 0 unspecified atom stereocenters. The molecule has 1 aliphatic heterocycles. The fraction of sp³-hybridized carbons (Fsp3) is 0.900. The van der Waals surface area contributed by atoms with Crippen molar-refractivity contribution in [3.8, 4) is 0 Å². The first-order chi connectivity index (χ1) is 5.46. The van der Waals surface area contributed by atoms with Crippen LogP contribution in [0.15, 0.2) is 0 Å². The second-order valence-electron chi connectivity index (χ2n) is 4.09. The van der Waals surface area contributed by atoms with Gasteiger partial charge in [-0.05, 0) is 26.7 Å². The van der Waals surface area contributed by atoms with Crippen molar-refractivity contribution in [1.82, 2.24) is 0 Å². The van der Waals surface area contributed by atoms with Gasteiger partial charge in [-0.1, -0.05) is 13.8 Å². The van der Waals surface area contributed by atoms with Gasteiger partial charge in [0.25, 0.3) is 0 Å². The van der Waals surface area contributed by atoms with E-state index in [4.69, 9.17) is 4.74 Å². The van der Waals surface area contributed by atoms with Crippen LogP contribution in [0, 0.1) is 0 Å². The molecule has 1 fully saturated rings. The van der Waals surface area contributed by atoms with Crippen molar-refractivity contribution in [3.05, 3.63) is 0 Å². The number of ketones is 1. The summed E-state index contributed by atoms with van der Waals surface area (Å²) in [6, 6.07) is 0. The first-order valence-electron chi connectivity index (χ1n) is 4.69. The van der Waals surface area contributed by atoms with Gasteiger partial charge < -0.3 is 4.74 Å². The lowest BCUT2D eigenvalue weighted by Crippen LogP contribution is -2.33. The number of hydrogen-bond acceptors (Lipinski definition) is 2. The molecule has 12 heavy (non-hydrogen) atoms. The Morgan fingerprint density at radius 3 is 2.17 bits per heavy atom. The molecule has 0 bridgehead atoms. The summed E-state index contributed by atoms with van der Waals surface area (Å²) in [4.78, 5) is 11.6. The summed E-state index contributed by atoms with van der Waals surface area (Å²) in [7, 11) is 0. The standard InChI is InChI=1S/C10H18O2/c1-5-9(3)7-8(11)10(4,6-2)12-9/h5-7H2,1-4H3/t9-,10-/m0/s1. The van der Waals surface area contributed by atoms with E-state index in [1.54, 1.807) is 0 Å². The zero-order valence-corrected chi connectivity index (χ0v) is 8.44. The van der Waals surface area contributed by atoms with Gasteiger partial charge in [-0.3, -0.25) is 4.79 Å². The average molecular weight is 170 g/mol. The fourth-order valence-corrected chi connectivity index (χ4v) is 1.63. The molecule has 1 rings (SSSR count). The highest BCUT2D eigenvalue weighted by Gasteiger charge is 2.48. The van der Waals surface area contributed by atoms with E-state index in [2.05, 4.69) is 6.92 Å². The van der Waals surface area contributed by atoms with Crippen LogP contribution in [-0.2, 0) is 9.53 Å². The Balaban J connectivity index is 2.81. The van der Waals surface area contributed by atoms with Crippen LogP contribution in [0.2, 0.25) is 0 Å². The molecule has 0 aromatic carbocycles. The van der Waals surface area contributed by atoms with E-state index in [9.17, 15) is 4.79 Å². The number of carbonyl (C=O) groups excluding carboxylic acids is 1. The summed E-state index contributed by atoms with van der Waals surface area (Å²) >= 11 is 0. The van der Waals surface area contributed by atoms with Gasteiger partial charge in [0.2, 0.25) is 0 Å². The van der Waals surface area contributed by atoms with Crippen molar-refractivity contribution >= 4 is 5.78 Å². The van der Waals surface area contributed by atoms with Crippen LogP contribution < -0.4 is 0 Å². The zero-order valence-electron chi connectivity index (χ0n) is 8.44. The van der Waals surface area contributed by atoms with Crippen LogP contribution >= 0.6 is 0 Å². The Kier molecular flexibility index (Phi) is 2.30. The van der Waals surface area contributed by atoms with Crippen molar-refractivity contribution in [2.45, 2.75) is 58.2 Å². The molecule has 0 aromatic rings. The largest absolute Gasteiger partial charge is 0.361 e. The number of rotatable bonds is 2. The van der Waals surface area contributed by atoms with Gasteiger partial charge in [-0.2, -0.15) is 0 Å². The predicted molar refractivity (Wildman–Crippen MR) is 48.1 cm³/mol. The van der Waals surface area contributed by atoms with Crippen LogP contribution in [0.3, 0.4) is 0 Å². The van der Waals surface area contributed by atoms with Crippen molar-refractivity contribution in [1.29, 1.82) is 0 Å². The van der Waals surface area contributed by atoms with Crippen molar-refractivity contribution in [3.63, 3.8) is 0 Å². The molecule has 2 nitrogen and oxygen atoms in total. The fourth-order valence-electron chi connectivity index (χ4n) is 1.63. The van der Waals surface area contributed by atoms with Gasteiger partial charge >= 0.3 is 0 Å². The van der Waals surface area contributed by atoms with Gasteiger partial charge in [0.05, 0.1) is 5.60 Å². The molecule has 0 saturated carbocycles. The number of ether oxygens (including phenoxy) is 1. The third-order valence-corrected chi connectivity index (χ3v) is 3.02. The zero-order chi connectivity index (χ0) is 9.41. The minimum absolute atomic E-state index is 0.207. The van der Waals surface area contributed by atoms with Crippen molar-refractivity contribution in [2.75, 3.05) is 0 Å².